The maximum absolute atomic E-state index is 4.53. The molecule has 0 radical (unpaired) electrons. The molecule has 0 unspecified atom stereocenters. The van der Waals surface area contributed by atoms with E-state index in [0.717, 1.165) is 23.5 Å². The van der Waals surface area contributed by atoms with Crippen LogP contribution < -0.4 is 4.90 Å². The van der Waals surface area contributed by atoms with Crippen LogP contribution in [0, 0.1) is 5.41 Å². The van der Waals surface area contributed by atoms with Crippen LogP contribution in [0.2, 0.25) is 0 Å². The molecule has 0 spiro atoms. The van der Waals surface area contributed by atoms with E-state index in [2.05, 4.69) is 51.8 Å². The molecular weight excluding hydrogens is 264 g/mol. The molecule has 1 aromatic rings. The van der Waals surface area contributed by atoms with E-state index in [0.29, 0.717) is 5.41 Å². The van der Waals surface area contributed by atoms with Crippen LogP contribution in [0.1, 0.15) is 33.1 Å². The van der Waals surface area contributed by atoms with Crippen molar-refractivity contribution in [3.63, 3.8) is 0 Å². The van der Waals surface area contributed by atoms with E-state index in [4.69, 9.17) is 0 Å². The minimum atomic E-state index is 0.487. The highest BCUT2D eigenvalue weighted by molar-refractivity contribution is 9.10. The second-order valence-corrected chi connectivity index (χ2v) is 6.14. The van der Waals surface area contributed by atoms with E-state index in [-0.39, 0.29) is 0 Å². The predicted octanol–water partition coefficient (Wildman–Crippen LogP) is 3.86. The molecule has 0 saturated carbocycles. The Hall–Kier alpha value is -0.570. The van der Waals surface area contributed by atoms with Crippen molar-refractivity contribution in [3.05, 3.63) is 22.8 Å². The molecule has 16 heavy (non-hydrogen) atoms. The molecule has 2 heterocycles. The summed E-state index contributed by atoms with van der Waals surface area (Å²) in [5.74, 6) is 1.10. The zero-order valence-electron chi connectivity index (χ0n) is 10.0. The van der Waals surface area contributed by atoms with Crippen LogP contribution >= 0.6 is 15.9 Å². The van der Waals surface area contributed by atoms with Crippen molar-refractivity contribution in [3.8, 4) is 0 Å². The van der Waals surface area contributed by atoms with Gasteiger partial charge in [0.1, 0.15) is 10.4 Å². The SMILES string of the molecule is CC1(C)CCCN(c2cccc(Br)n2)CC1. The highest BCUT2D eigenvalue weighted by Crippen LogP contribution is 2.31. The van der Waals surface area contributed by atoms with E-state index in [1.165, 1.54) is 19.3 Å². The lowest BCUT2D eigenvalue weighted by Gasteiger charge is -2.24. The van der Waals surface area contributed by atoms with E-state index in [9.17, 15) is 0 Å². The summed E-state index contributed by atoms with van der Waals surface area (Å²) in [6, 6.07) is 6.14. The van der Waals surface area contributed by atoms with Crippen molar-refractivity contribution in [1.29, 1.82) is 0 Å². The maximum Gasteiger partial charge on any atom is 0.129 e. The number of nitrogens with zero attached hydrogens (tertiary/aromatic N) is 2. The Kier molecular flexibility index (Phi) is 3.53. The first kappa shape index (κ1) is 11.9. The molecule has 2 rings (SSSR count). The highest BCUT2D eigenvalue weighted by Gasteiger charge is 2.23. The summed E-state index contributed by atoms with van der Waals surface area (Å²) in [6.45, 7) is 6.99. The van der Waals surface area contributed by atoms with Gasteiger partial charge in [-0.25, -0.2) is 4.98 Å². The lowest BCUT2D eigenvalue weighted by atomic mass is 9.85. The molecule has 1 aliphatic rings. The summed E-state index contributed by atoms with van der Waals surface area (Å²) in [5, 5.41) is 0. The van der Waals surface area contributed by atoms with Gasteiger partial charge >= 0.3 is 0 Å². The third kappa shape index (κ3) is 2.97. The molecule has 88 valence electrons. The van der Waals surface area contributed by atoms with Crippen LogP contribution in [0.25, 0.3) is 0 Å². The molecule has 0 bridgehead atoms. The zero-order valence-corrected chi connectivity index (χ0v) is 11.6. The number of pyridine rings is 1. The van der Waals surface area contributed by atoms with Gasteiger partial charge in [0.05, 0.1) is 0 Å². The Morgan fingerprint density at radius 1 is 1.25 bits per heavy atom. The Bertz CT molecular complexity index is 363. The van der Waals surface area contributed by atoms with Gasteiger partial charge in [-0.1, -0.05) is 19.9 Å². The first-order valence-corrected chi connectivity index (χ1v) is 6.74. The lowest BCUT2D eigenvalue weighted by molar-refractivity contribution is 0.325. The summed E-state index contributed by atoms with van der Waals surface area (Å²) < 4.78 is 0.925. The molecule has 2 nitrogen and oxygen atoms in total. The van der Waals surface area contributed by atoms with Crippen molar-refractivity contribution < 1.29 is 0 Å². The topological polar surface area (TPSA) is 16.1 Å². The fraction of sp³-hybridized carbons (Fsp3) is 0.615. The molecule has 0 amide bonds. The van der Waals surface area contributed by atoms with Crippen LogP contribution in [-0.2, 0) is 0 Å². The standard InChI is InChI=1S/C13H19BrN2/c1-13(2)7-4-9-16(10-8-13)12-6-3-5-11(14)15-12/h3,5-6H,4,7-10H2,1-2H3. The van der Waals surface area contributed by atoms with Crippen molar-refractivity contribution in [2.24, 2.45) is 5.41 Å². The molecule has 0 atom stereocenters. The quantitative estimate of drug-likeness (QED) is 0.727. The Labute approximate surface area is 106 Å². The predicted molar refractivity (Wildman–Crippen MR) is 71.8 cm³/mol. The number of anilines is 1. The Morgan fingerprint density at radius 3 is 2.81 bits per heavy atom. The average molecular weight is 283 g/mol. The second-order valence-electron chi connectivity index (χ2n) is 5.32. The number of aromatic nitrogens is 1. The first-order valence-electron chi connectivity index (χ1n) is 5.94. The molecule has 3 heteroatoms. The van der Waals surface area contributed by atoms with Gasteiger partial charge in [-0.3, -0.25) is 0 Å². The van der Waals surface area contributed by atoms with Crippen molar-refractivity contribution in [2.75, 3.05) is 18.0 Å². The van der Waals surface area contributed by atoms with E-state index in [1.54, 1.807) is 0 Å². The van der Waals surface area contributed by atoms with Gasteiger partial charge in [0.2, 0.25) is 0 Å². The van der Waals surface area contributed by atoms with Gasteiger partial charge in [-0.2, -0.15) is 0 Å². The molecule has 0 aliphatic carbocycles. The number of rotatable bonds is 1. The van der Waals surface area contributed by atoms with Crippen LogP contribution in [0.5, 0.6) is 0 Å². The monoisotopic (exact) mass is 282 g/mol. The van der Waals surface area contributed by atoms with Crippen molar-refractivity contribution in [2.45, 2.75) is 33.1 Å². The molecule has 1 fully saturated rings. The Balaban J connectivity index is 2.11. The summed E-state index contributed by atoms with van der Waals surface area (Å²) in [4.78, 5) is 6.93. The van der Waals surface area contributed by atoms with Gasteiger partial charge in [0, 0.05) is 13.1 Å². The Morgan fingerprint density at radius 2 is 2.06 bits per heavy atom. The van der Waals surface area contributed by atoms with Gasteiger partial charge < -0.3 is 4.90 Å². The van der Waals surface area contributed by atoms with Crippen molar-refractivity contribution in [1.82, 2.24) is 4.98 Å². The molecule has 1 saturated heterocycles. The molecule has 0 aromatic carbocycles. The first-order chi connectivity index (χ1) is 7.57. The average Bonchev–Trinajstić information content (AvgIpc) is 2.39. The van der Waals surface area contributed by atoms with Crippen molar-refractivity contribution >= 4 is 21.7 Å². The normalized spacial score (nSPS) is 20.6. The fourth-order valence-electron chi connectivity index (χ4n) is 2.23. The molecule has 1 aliphatic heterocycles. The van der Waals surface area contributed by atoms with Gasteiger partial charge in [-0.15, -0.1) is 0 Å². The highest BCUT2D eigenvalue weighted by atomic mass is 79.9. The number of hydrogen-bond donors (Lipinski definition) is 0. The van der Waals surface area contributed by atoms with E-state index >= 15 is 0 Å². The second kappa shape index (κ2) is 4.74. The molecule has 1 aromatic heterocycles. The van der Waals surface area contributed by atoms with Gasteiger partial charge in [-0.05, 0) is 52.7 Å². The molecule has 0 N–H and O–H groups in total. The smallest absolute Gasteiger partial charge is 0.129 e. The summed E-state index contributed by atoms with van der Waals surface area (Å²) in [6.07, 6.45) is 3.83. The minimum absolute atomic E-state index is 0.487. The largest absolute Gasteiger partial charge is 0.357 e. The third-order valence-corrected chi connectivity index (χ3v) is 3.81. The molecular formula is C13H19BrN2. The summed E-state index contributed by atoms with van der Waals surface area (Å²) in [5.41, 5.74) is 0.487. The van der Waals surface area contributed by atoms with Crippen LogP contribution in [0.15, 0.2) is 22.8 Å². The van der Waals surface area contributed by atoms with E-state index in [1.807, 2.05) is 6.07 Å². The minimum Gasteiger partial charge on any atom is -0.357 e. The van der Waals surface area contributed by atoms with Crippen LogP contribution in [0.3, 0.4) is 0 Å². The summed E-state index contributed by atoms with van der Waals surface area (Å²) in [7, 11) is 0. The zero-order chi connectivity index (χ0) is 11.6. The maximum atomic E-state index is 4.53. The van der Waals surface area contributed by atoms with Gasteiger partial charge in [0.15, 0.2) is 0 Å². The number of hydrogen-bond acceptors (Lipinski definition) is 2. The fourth-order valence-corrected chi connectivity index (χ4v) is 2.56. The van der Waals surface area contributed by atoms with Crippen LogP contribution in [-0.4, -0.2) is 18.1 Å². The lowest BCUT2D eigenvalue weighted by Crippen LogP contribution is -2.25. The number of halogens is 1. The summed E-state index contributed by atoms with van der Waals surface area (Å²) >= 11 is 3.43. The van der Waals surface area contributed by atoms with Crippen LogP contribution in [0.4, 0.5) is 5.82 Å². The third-order valence-electron chi connectivity index (χ3n) is 3.36. The van der Waals surface area contributed by atoms with Gasteiger partial charge in [0.25, 0.3) is 0 Å². The van der Waals surface area contributed by atoms with E-state index < -0.39 is 0 Å².